The molecule has 0 aromatic carbocycles. The Morgan fingerprint density at radius 2 is 2.14 bits per heavy atom. The predicted octanol–water partition coefficient (Wildman–Crippen LogP) is 1.98. The van der Waals surface area contributed by atoms with Crippen LogP contribution in [0, 0.1) is 10.1 Å². The molecule has 0 spiro atoms. The Hall–Kier alpha value is -1.83. The summed E-state index contributed by atoms with van der Waals surface area (Å²) in [6.45, 7) is 0. The second-order valence-electron chi connectivity index (χ2n) is 5.07. The highest BCUT2D eigenvalue weighted by Crippen LogP contribution is 2.27. The normalized spacial score (nSPS) is 21.8. The van der Waals surface area contributed by atoms with E-state index >= 15 is 0 Å². The number of hydrogen-bond donors (Lipinski definition) is 2. The second kappa shape index (κ2) is 6.75. The smallest absolute Gasteiger partial charge is 0.288 e. The summed E-state index contributed by atoms with van der Waals surface area (Å²) in [6.07, 6.45) is 7.11. The Morgan fingerprint density at radius 3 is 2.71 bits per heavy atom. The monoisotopic (exact) mass is 310 g/mol. The van der Waals surface area contributed by atoms with Crippen molar-refractivity contribution in [3.63, 3.8) is 0 Å². The van der Waals surface area contributed by atoms with Crippen molar-refractivity contribution in [3.8, 4) is 0 Å². The molecule has 1 aromatic heterocycles. The molecular weight excluding hydrogens is 292 g/mol. The van der Waals surface area contributed by atoms with Gasteiger partial charge in [-0.3, -0.25) is 14.9 Å². The number of carbonyl (C=O) groups excluding carboxylic acids is 1. The third kappa shape index (κ3) is 3.84. The summed E-state index contributed by atoms with van der Waals surface area (Å²) in [5.41, 5.74) is 5.47. The molecule has 0 unspecified atom stereocenters. The number of anilines is 1. The van der Waals surface area contributed by atoms with E-state index < -0.39 is 10.8 Å². The van der Waals surface area contributed by atoms with Gasteiger partial charge in [0.25, 0.3) is 11.6 Å². The Labute approximate surface area is 126 Å². The maximum Gasteiger partial charge on any atom is 0.288 e. The summed E-state index contributed by atoms with van der Waals surface area (Å²) in [5, 5.41) is 14.3. The molecular formula is C13H18N4O3S. The van der Waals surface area contributed by atoms with Crippen LogP contribution in [0.1, 0.15) is 36.0 Å². The van der Waals surface area contributed by atoms with Crippen molar-refractivity contribution in [2.24, 2.45) is 0 Å². The van der Waals surface area contributed by atoms with Crippen LogP contribution in [0.5, 0.6) is 0 Å². The van der Waals surface area contributed by atoms with E-state index in [9.17, 15) is 14.9 Å². The molecule has 0 atom stereocenters. The van der Waals surface area contributed by atoms with Gasteiger partial charge in [0.2, 0.25) is 0 Å². The zero-order chi connectivity index (χ0) is 15.4. The molecule has 0 bridgehead atoms. The summed E-state index contributed by atoms with van der Waals surface area (Å²) in [4.78, 5) is 26.1. The summed E-state index contributed by atoms with van der Waals surface area (Å²) in [7, 11) is 0. The van der Waals surface area contributed by atoms with Crippen LogP contribution >= 0.6 is 11.8 Å². The van der Waals surface area contributed by atoms with Gasteiger partial charge in [-0.05, 0) is 31.9 Å². The SMILES string of the molecule is CSC1CCC(NC(=O)c2cc([N+](=O)[O-])cnc2N)CC1. The molecule has 1 heterocycles. The maximum atomic E-state index is 12.2. The lowest BCUT2D eigenvalue weighted by Crippen LogP contribution is -2.38. The lowest BCUT2D eigenvalue weighted by molar-refractivity contribution is -0.385. The van der Waals surface area contributed by atoms with E-state index in [2.05, 4.69) is 16.6 Å². The number of nitrogens with two attached hydrogens (primary N) is 1. The molecule has 21 heavy (non-hydrogen) atoms. The fourth-order valence-electron chi connectivity index (χ4n) is 2.45. The highest BCUT2D eigenvalue weighted by atomic mass is 32.2. The number of nitrogens with one attached hydrogen (secondary N) is 1. The minimum Gasteiger partial charge on any atom is -0.383 e. The third-order valence-electron chi connectivity index (χ3n) is 3.70. The third-order valence-corrected chi connectivity index (χ3v) is 4.84. The van der Waals surface area contributed by atoms with Crippen LogP contribution in [0.15, 0.2) is 12.3 Å². The van der Waals surface area contributed by atoms with E-state index in [1.165, 1.54) is 6.07 Å². The number of pyridine rings is 1. The van der Waals surface area contributed by atoms with E-state index in [-0.39, 0.29) is 23.1 Å². The lowest BCUT2D eigenvalue weighted by Gasteiger charge is -2.28. The van der Waals surface area contributed by atoms with Crippen LogP contribution < -0.4 is 11.1 Å². The zero-order valence-electron chi connectivity index (χ0n) is 11.7. The van der Waals surface area contributed by atoms with Gasteiger partial charge in [0.05, 0.1) is 10.5 Å². The van der Waals surface area contributed by atoms with Crippen LogP contribution in [-0.2, 0) is 0 Å². The molecule has 1 amide bonds. The number of thioether (sulfide) groups is 1. The van der Waals surface area contributed by atoms with Crippen molar-refractivity contribution >= 4 is 29.2 Å². The number of rotatable bonds is 4. The van der Waals surface area contributed by atoms with E-state index in [1.54, 1.807) is 0 Å². The van der Waals surface area contributed by atoms with Gasteiger partial charge in [-0.1, -0.05) is 0 Å². The molecule has 1 aliphatic carbocycles. The largest absolute Gasteiger partial charge is 0.383 e. The molecule has 7 nitrogen and oxygen atoms in total. The van der Waals surface area contributed by atoms with Crippen molar-refractivity contribution in [2.75, 3.05) is 12.0 Å². The molecule has 0 aliphatic heterocycles. The minimum absolute atomic E-state index is 0.0101. The van der Waals surface area contributed by atoms with Crippen molar-refractivity contribution in [2.45, 2.75) is 37.0 Å². The average Bonchev–Trinajstić information content (AvgIpc) is 2.48. The molecule has 1 fully saturated rings. The van der Waals surface area contributed by atoms with Crippen molar-refractivity contribution in [1.82, 2.24) is 10.3 Å². The molecule has 8 heteroatoms. The van der Waals surface area contributed by atoms with Gasteiger partial charge < -0.3 is 11.1 Å². The number of nitrogens with zero attached hydrogens (tertiary/aromatic N) is 2. The molecule has 2 rings (SSSR count). The van der Waals surface area contributed by atoms with E-state index in [0.29, 0.717) is 5.25 Å². The van der Waals surface area contributed by atoms with Crippen LogP contribution in [0.3, 0.4) is 0 Å². The lowest BCUT2D eigenvalue weighted by atomic mass is 9.94. The summed E-state index contributed by atoms with van der Waals surface area (Å²) < 4.78 is 0. The van der Waals surface area contributed by atoms with Crippen LogP contribution in [-0.4, -0.2) is 33.4 Å². The minimum atomic E-state index is -0.590. The number of hydrogen-bond acceptors (Lipinski definition) is 6. The molecule has 0 saturated heterocycles. The molecule has 0 radical (unpaired) electrons. The van der Waals surface area contributed by atoms with Crippen molar-refractivity contribution in [3.05, 3.63) is 27.9 Å². The topological polar surface area (TPSA) is 111 Å². The Balaban J connectivity index is 2.03. The highest BCUT2D eigenvalue weighted by Gasteiger charge is 2.24. The molecule has 1 saturated carbocycles. The first-order valence-electron chi connectivity index (χ1n) is 6.75. The Morgan fingerprint density at radius 1 is 1.48 bits per heavy atom. The van der Waals surface area contributed by atoms with Crippen LogP contribution in [0.4, 0.5) is 11.5 Å². The standard InChI is InChI=1S/C13H18N4O3S/c1-21-10-4-2-8(3-5-10)16-13(18)11-6-9(17(19)20)7-15-12(11)14/h6-8,10H,2-5H2,1H3,(H2,14,15)(H,16,18). The fourth-order valence-corrected chi connectivity index (χ4v) is 3.20. The quantitative estimate of drug-likeness (QED) is 0.649. The highest BCUT2D eigenvalue weighted by molar-refractivity contribution is 7.99. The maximum absolute atomic E-state index is 12.2. The average molecular weight is 310 g/mol. The second-order valence-corrected chi connectivity index (χ2v) is 6.20. The molecule has 3 N–H and O–H groups in total. The first-order chi connectivity index (χ1) is 10.0. The van der Waals surface area contributed by atoms with Gasteiger partial charge in [0.1, 0.15) is 12.0 Å². The van der Waals surface area contributed by atoms with Gasteiger partial charge in [-0.15, -0.1) is 0 Å². The molecule has 1 aromatic rings. The zero-order valence-corrected chi connectivity index (χ0v) is 12.6. The fraction of sp³-hybridized carbons (Fsp3) is 0.538. The summed E-state index contributed by atoms with van der Waals surface area (Å²) >= 11 is 1.85. The summed E-state index contributed by atoms with van der Waals surface area (Å²) in [6, 6.07) is 1.27. The number of nitro groups is 1. The van der Waals surface area contributed by atoms with E-state index in [0.717, 1.165) is 31.9 Å². The van der Waals surface area contributed by atoms with Gasteiger partial charge in [0, 0.05) is 17.4 Å². The molecule has 114 valence electrons. The number of amides is 1. The van der Waals surface area contributed by atoms with Gasteiger partial charge >= 0.3 is 0 Å². The van der Waals surface area contributed by atoms with Gasteiger partial charge in [-0.25, -0.2) is 4.98 Å². The van der Waals surface area contributed by atoms with Crippen LogP contribution in [0.25, 0.3) is 0 Å². The van der Waals surface area contributed by atoms with Gasteiger partial charge in [0.15, 0.2) is 0 Å². The predicted molar refractivity (Wildman–Crippen MR) is 82.3 cm³/mol. The number of aromatic nitrogens is 1. The Kier molecular flexibility index (Phi) is 5.00. The summed E-state index contributed by atoms with van der Waals surface area (Å²) in [5.74, 6) is -0.382. The Bertz CT molecular complexity index is 544. The van der Waals surface area contributed by atoms with Crippen molar-refractivity contribution < 1.29 is 9.72 Å². The number of nitrogen functional groups attached to an aromatic ring is 1. The molecule has 1 aliphatic rings. The van der Waals surface area contributed by atoms with E-state index in [4.69, 9.17) is 5.73 Å². The number of carbonyl (C=O) groups is 1. The first kappa shape index (κ1) is 15.6. The van der Waals surface area contributed by atoms with Crippen LogP contribution in [0.2, 0.25) is 0 Å². The van der Waals surface area contributed by atoms with Gasteiger partial charge in [-0.2, -0.15) is 11.8 Å². The van der Waals surface area contributed by atoms with Crippen molar-refractivity contribution in [1.29, 1.82) is 0 Å². The first-order valence-corrected chi connectivity index (χ1v) is 8.03. The van der Waals surface area contributed by atoms with E-state index in [1.807, 2.05) is 11.8 Å².